The van der Waals surface area contributed by atoms with Gasteiger partial charge in [0, 0.05) is 22.3 Å². The maximum atomic E-state index is 5.89. The summed E-state index contributed by atoms with van der Waals surface area (Å²) in [4.78, 5) is 4.78. The number of aryl methyl sites for hydroxylation is 1. The van der Waals surface area contributed by atoms with Gasteiger partial charge in [-0.25, -0.2) is 4.98 Å². The van der Waals surface area contributed by atoms with E-state index in [0.717, 1.165) is 45.5 Å². The van der Waals surface area contributed by atoms with Gasteiger partial charge < -0.3 is 10.3 Å². The Morgan fingerprint density at radius 2 is 2.05 bits per heavy atom. The quantitative estimate of drug-likeness (QED) is 0.721. The van der Waals surface area contributed by atoms with E-state index in [1.165, 1.54) is 0 Å². The third-order valence-corrected chi connectivity index (χ3v) is 3.80. The fourth-order valence-electron chi connectivity index (χ4n) is 2.45. The summed E-state index contributed by atoms with van der Waals surface area (Å²) in [6.45, 7) is 3.12. The molecule has 20 heavy (non-hydrogen) atoms. The van der Waals surface area contributed by atoms with Gasteiger partial charge in [0.15, 0.2) is 0 Å². The lowest BCUT2D eigenvalue weighted by molar-refractivity contribution is 0.704. The number of fused-ring (bicyclic) bond motifs is 1. The molecule has 3 aromatic rings. The van der Waals surface area contributed by atoms with E-state index in [-0.39, 0.29) is 0 Å². The lowest BCUT2D eigenvalue weighted by atomic mass is 10.2. The number of anilines is 1. The van der Waals surface area contributed by atoms with E-state index in [0.29, 0.717) is 0 Å². The molecule has 1 heterocycles. The summed E-state index contributed by atoms with van der Waals surface area (Å²) in [5.41, 5.74) is 9.88. The number of rotatable bonds is 3. The zero-order valence-electron chi connectivity index (χ0n) is 11.3. The standard InChI is InChI=1S/C16H16BrN3/c1-2-8-20-15-7-6-12(17)10-14(15)19-16(20)11-4-3-5-13(18)9-11/h3-7,9-10H,2,8,18H2,1H3. The molecule has 0 aliphatic rings. The van der Waals surface area contributed by atoms with Crippen LogP contribution in [0.1, 0.15) is 13.3 Å². The molecule has 0 bridgehead atoms. The molecule has 0 atom stereocenters. The van der Waals surface area contributed by atoms with Crippen LogP contribution in [0.4, 0.5) is 5.69 Å². The van der Waals surface area contributed by atoms with Crippen LogP contribution in [0, 0.1) is 0 Å². The average Bonchev–Trinajstić information content (AvgIpc) is 2.77. The summed E-state index contributed by atoms with van der Waals surface area (Å²) in [7, 11) is 0. The van der Waals surface area contributed by atoms with E-state index >= 15 is 0 Å². The first-order chi connectivity index (χ1) is 9.69. The minimum atomic E-state index is 0.763. The summed E-state index contributed by atoms with van der Waals surface area (Å²) in [6.07, 6.45) is 1.07. The van der Waals surface area contributed by atoms with Crippen LogP contribution in [0.5, 0.6) is 0 Å². The van der Waals surface area contributed by atoms with Gasteiger partial charge in [0.1, 0.15) is 5.82 Å². The number of imidazole rings is 1. The number of benzene rings is 2. The number of aromatic nitrogens is 2. The fraction of sp³-hybridized carbons (Fsp3) is 0.188. The van der Waals surface area contributed by atoms with Gasteiger partial charge in [-0.05, 0) is 36.8 Å². The molecule has 1 aromatic heterocycles. The van der Waals surface area contributed by atoms with Crippen molar-refractivity contribution in [3.05, 3.63) is 46.9 Å². The smallest absolute Gasteiger partial charge is 0.141 e. The Kier molecular flexibility index (Phi) is 3.49. The molecule has 0 aliphatic heterocycles. The van der Waals surface area contributed by atoms with Crippen molar-refractivity contribution in [1.82, 2.24) is 9.55 Å². The lowest BCUT2D eigenvalue weighted by Crippen LogP contribution is -2.00. The van der Waals surface area contributed by atoms with Crippen LogP contribution in [0.25, 0.3) is 22.4 Å². The molecule has 0 fully saturated rings. The number of nitrogens with two attached hydrogens (primary N) is 1. The molecule has 0 unspecified atom stereocenters. The van der Waals surface area contributed by atoms with Gasteiger partial charge in [0.2, 0.25) is 0 Å². The molecule has 0 aliphatic carbocycles. The molecule has 0 saturated carbocycles. The van der Waals surface area contributed by atoms with Crippen LogP contribution < -0.4 is 5.73 Å². The fourth-order valence-corrected chi connectivity index (χ4v) is 2.80. The number of nitrogen functional groups attached to an aromatic ring is 1. The first kappa shape index (κ1) is 13.2. The van der Waals surface area contributed by atoms with Gasteiger partial charge in [0.05, 0.1) is 11.0 Å². The Morgan fingerprint density at radius 3 is 2.80 bits per heavy atom. The minimum absolute atomic E-state index is 0.763. The Labute approximate surface area is 126 Å². The van der Waals surface area contributed by atoms with Crippen LogP contribution in [0.15, 0.2) is 46.9 Å². The molecule has 3 rings (SSSR count). The zero-order chi connectivity index (χ0) is 14.1. The Bertz CT molecular complexity index is 762. The van der Waals surface area contributed by atoms with Crippen LogP contribution in [-0.4, -0.2) is 9.55 Å². The molecule has 2 aromatic carbocycles. The number of halogens is 1. The minimum Gasteiger partial charge on any atom is -0.399 e. The second-order valence-electron chi connectivity index (χ2n) is 4.85. The maximum Gasteiger partial charge on any atom is 0.141 e. The molecule has 2 N–H and O–H groups in total. The summed E-state index contributed by atoms with van der Waals surface area (Å²) in [5.74, 6) is 0.979. The van der Waals surface area contributed by atoms with E-state index < -0.39 is 0 Å². The van der Waals surface area contributed by atoms with Crippen molar-refractivity contribution < 1.29 is 0 Å². The van der Waals surface area contributed by atoms with Crippen LogP contribution >= 0.6 is 15.9 Å². The molecule has 0 saturated heterocycles. The highest BCUT2D eigenvalue weighted by Crippen LogP contribution is 2.28. The van der Waals surface area contributed by atoms with E-state index in [4.69, 9.17) is 10.7 Å². The van der Waals surface area contributed by atoms with Crippen LogP contribution in [-0.2, 0) is 6.54 Å². The third kappa shape index (κ3) is 2.31. The predicted molar refractivity (Wildman–Crippen MR) is 87.6 cm³/mol. The van der Waals surface area contributed by atoms with Gasteiger partial charge in [-0.3, -0.25) is 0 Å². The monoisotopic (exact) mass is 329 g/mol. The predicted octanol–water partition coefficient (Wildman–Crippen LogP) is 4.46. The largest absolute Gasteiger partial charge is 0.399 e. The van der Waals surface area contributed by atoms with Gasteiger partial charge >= 0.3 is 0 Å². The summed E-state index contributed by atoms with van der Waals surface area (Å²) in [5, 5.41) is 0. The molecular weight excluding hydrogens is 314 g/mol. The van der Waals surface area contributed by atoms with Crippen molar-refractivity contribution >= 4 is 32.7 Å². The molecule has 0 radical (unpaired) electrons. The van der Waals surface area contributed by atoms with Crippen molar-refractivity contribution in [3.63, 3.8) is 0 Å². The Hall–Kier alpha value is -1.81. The highest BCUT2D eigenvalue weighted by atomic mass is 79.9. The second-order valence-corrected chi connectivity index (χ2v) is 5.76. The summed E-state index contributed by atoms with van der Waals surface area (Å²) >= 11 is 3.50. The third-order valence-electron chi connectivity index (χ3n) is 3.30. The maximum absolute atomic E-state index is 5.89. The summed E-state index contributed by atoms with van der Waals surface area (Å²) in [6, 6.07) is 14.1. The van der Waals surface area contributed by atoms with E-state index in [2.05, 4.69) is 51.7 Å². The van der Waals surface area contributed by atoms with Crippen molar-refractivity contribution in [1.29, 1.82) is 0 Å². The van der Waals surface area contributed by atoms with E-state index in [1.54, 1.807) is 0 Å². The Balaban J connectivity index is 2.25. The molecule has 4 heteroatoms. The summed E-state index contributed by atoms with van der Waals surface area (Å²) < 4.78 is 3.31. The molecule has 0 amide bonds. The van der Waals surface area contributed by atoms with Crippen molar-refractivity contribution in [2.45, 2.75) is 19.9 Å². The number of hydrogen-bond acceptors (Lipinski definition) is 2. The average molecular weight is 330 g/mol. The zero-order valence-corrected chi connectivity index (χ0v) is 12.9. The number of nitrogens with zero attached hydrogens (tertiary/aromatic N) is 2. The van der Waals surface area contributed by atoms with Gasteiger partial charge in [0.25, 0.3) is 0 Å². The SMILES string of the molecule is CCCn1c(-c2cccc(N)c2)nc2cc(Br)ccc21. The van der Waals surface area contributed by atoms with Crippen LogP contribution in [0.3, 0.4) is 0 Å². The highest BCUT2D eigenvalue weighted by molar-refractivity contribution is 9.10. The van der Waals surface area contributed by atoms with Crippen molar-refractivity contribution in [2.24, 2.45) is 0 Å². The van der Waals surface area contributed by atoms with Crippen LogP contribution in [0.2, 0.25) is 0 Å². The van der Waals surface area contributed by atoms with E-state index in [9.17, 15) is 0 Å². The Morgan fingerprint density at radius 1 is 1.20 bits per heavy atom. The van der Waals surface area contributed by atoms with Gasteiger partial charge in [-0.1, -0.05) is 35.0 Å². The topological polar surface area (TPSA) is 43.8 Å². The van der Waals surface area contributed by atoms with Crippen molar-refractivity contribution in [2.75, 3.05) is 5.73 Å². The number of hydrogen-bond donors (Lipinski definition) is 1. The molecular formula is C16H16BrN3. The van der Waals surface area contributed by atoms with Gasteiger partial charge in [-0.15, -0.1) is 0 Å². The van der Waals surface area contributed by atoms with Crippen molar-refractivity contribution in [3.8, 4) is 11.4 Å². The second kappa shape index (κ2) is 5.29. The molecule has 3 nitrogen and oxygen atoms in total. The molecule has 102 valence electrons. The first-order valence-electron chi connectivity index (χ1n) is 6.70. The van der Waals surface area contributed by atoms with Gasteiger partial charge in [-0.2, -0.15) is 0 Å². The lowest BCUT2D eigenvalue weighted by Gasteiger charge is -2.08. The van der Waals surface area contributed by atoms with E-state index in [1.807, 2.05) is 18.2 Å². The normalized spacial score (nSPS) is 11.1. The first-order valence-corrected chi connectivity index (χ1v) is 7.50. The highest BCUT2D eigenvalue weighted by Gasteiger charge is 2.12. The molecule has 0 spiro atoms.